The summed E-state index contributed by atoms with van der Waals surface area (Å²) in [4.78, 5) is 19.0. The third-order valence-electron chi connectivity index (χ3n) is 5.75. The Kier molecular flexibility index (Phi) is 5.76. The predicted molar refractivity (Wildman–Crippen MR) is 118 cm³/mol. The molecule has 1 atom stereocenters. The molecule has 0 unspecified atom stereocenters. The lowest BCUT2D eigenvalue weighted by atomic mass is 10.0. The van der Waals surface area contributed by atoms with Crippen LogP contribution in [0, 0.1) is 6.92 Å². The van der Waals surface area contributed by atoms with Crippen molar-refractivity contribution in [3.63, 3.8) is 0 Å². The van der Waals surface area contributed by atoms with Crippen LogP contribution in [0.4, 0.5) is 5.69 Å². The van der Waals surface area contributed by atoms with E-state index in [1.165, 1.54) is 10.9 Å². The molecule has 0 radical (unpaired) electrons. The standard InChI is InChI=1S/C24H28N4O/c1-17-15-26-16-19-8-5-9-22(23(17)19)27-20-10-12-28(13-11-20)24(29)21(25)14-18-6-3-2-4-7-18/h2-9,15-16,20-21,27H,10-14,25H2,1H3/t21-/m0/s1. The van der Waals surface area contributed by atoms with Crippen LogP contribution in [0.1, 0.15) is 24.0 Å². The molecule has 0 saturated carbocycles. The number of carbonyl (C=O) groups is 1. The molecule has 1 aromatic heterocycles. The number of fused-ring (bicyclic) bond motifs is 1. The van der Waals surface area contributed by atoms with Crippen LogP contribution in [0.15, 0.2) is 60.9 Å². The number of piperidine rings is 1. The Hall–Kier alpha value is -2.92. The van der Waals surface area contributed by atoms with Crippen molar-refractivity contribution in [1.82, 2.24) is 9.88 Å². The van der Waals surface area contributed by atoms with Crippen LogP contribution in [0.25, 0.3) is 10.8 Å². The number of aromatic nitrogens is 1. The smallest absolute Gasteiger partial charge is 0.239 e. The van der Waals surface area contributed by atoms with E-state index in [1.54, 1.807) is 0 Å². The first kappa shape index (κ1) is 19.4. The Morgan fingerprint density at radius 3 is 2.66 bits per heavy atom. The Balaban J connectivity index is 1.36. The van der Waals surface area contributed by atoms with Gasteiger partial charge in [-0.3, -0.25) is 9.78 Å². The summed E-state index contributed by atoms with van der Waals surface area (Å²) >= 11 is 0. The second-order valence-electron chi connectivity index (χ2n) is 7.90. The maximum Gasteiger partial charge on any atom is 0.239 e. The van der Waals surface area contributed by atoms with Crippen molar-refractivity contribution < 1.29 is 4.79 Å². The quantitative estimate of drug-likeness (QED) is 0.702. The number of rotatable bonds is 5. The number of aryl methyl sites for hydroxylation is 1. The summed E-state index contributed by atoms with van der Waals surface area (Å²) in [5.41, 5.74) is 9.62. The molecular formula is C24H28N4O. The van der Waals surface area contributed by atoms with Gasteiger partial charge in [-0.1, -0.05) is 42.5 Å². The zero-order valence-electron chi connectivity index (χ0n) is 16.8. The number of hydrogen-bond donors (Lipinski definition) is 2. The summed E-state index contributed by atoms with van der Waals surface area (Å²) < 4.78 is 0. The average molecular weight is 389 g/mol. The van der Waals surface area contributed by atoms with Gasteiger partial charge >= 0.3 is 0 Å². The highest BCUT2D eigenvalue weighted by Crippen LogP contribution is 2.28. The van der Waals surface area contributed by atoms with Gasteiger partial charge < -0.3 is 16.0 Å². The number of hydrogen-bond acceptors (Lipinski definition) is 4. The molecule has 1 saturated heterocycles. The number of nitrogens with two attached hydrogens (primary N) is 1. The van der Waals surface area contributed by atoms with Crippen molar-refractivity contribution >= 4 is 22.4 Å². The normalized spacial score (nSPS) is 16.0. The van der Waals surface area contributed by atoms with Crippen LogP contribution in [0.5, 0.6) is 0 Å². The molecule has 2 heterocycles. The molecule has 1 aliphatic heterocycles. The molecule has 3 aromatic rings. The number of anilines is 1. The first-order valence-electron chi connectivity index (χ1n) is 10.3. The Morgan fingerprint density at radius 1 is 1.14 bits per heavy atom. The lowest BCUT2D eigenvalue weighted by Crippen LogP contribution is -2.49. The van der Waals surface area contributed by atoms with Gasteiger partial charge in [-0.05, 0) is 43.4 Å². The first-order chi connectivity index (χ1) is 14.1. The van der Waals surface area contributed by atoms with Gasteiger partial charge in [-0.15, -0.1) is 0 Å². The molecule has 5 heteroatoms. The fourth-order valence-electron chi connectivity index (χ4n) is 4.19. The summed E-state index contributed by atoms with van der Waals surface area (Å²) in [6, 6.07) is 16.1. The fourth-order valence-corrected chi connectivity index (χ4v) is 4.19. The maximum absolute atomic E-state index is 12.8. The molecule has 29 heavy (non-hydrogen) atoms. The average Bonchev–Trinajstić information content (AvgIpc) is 2.75. The number of benzene rings is 2. The van der Waals surface area contributed by atoms with Crippen molar-refractivity contribution in [3.8, 4) is 0 Å². The SMILES string of the molecule is Cc1cncc2cccc(NC3CCN(C(=O)[C@@H](N)Cc4ccccc4)CC3)c12. The van der Waals surface area contributed by atoms with Gasteiger partial charge in [0.1, 0.15) is 0 Å². The summed E-state index contributed by atoms with van der Waals surface area (Å²) in [6.45, 7) is 3.57. The molecule has 5 nitrogen and oxygen atoms in total. The van der Waals surface area contributed by atoms with Crippen LogP contribution in [-0.2, 0) is 11.2 Å². The number of nitrogens with zero attached hydrogens (tertiary/aromatic N) is 2. The first-order valence-corrected chi connectivity index (χ1v) is 10.3. The van der Waals surface area contributed by atoms with Gasteiger partial charge in [0.2, 0.25) is 5.91 Å². The predicted octanol–water partition coefficient (Wildman–Crippen LogP) is 3.52. The highest BCUT2D eigenvalue weighted by atomic mass is 16.2. The van der Waals surface area contributed by atoms with E-state index >= 15 is 0 Å². The van der Waals surface area contributed by atoms with Crippen molar-refractivity contribution in [1.29, 1.82) is 0 Å². The Morgan fingerprint density at radius 2 is 1.90 bits per heavy atom. The van der Waals surface area contributed by atoms with E-state index in [0.29, 0.717) is 12.5 Å². The van der Waals surface area contributed by atoms with Gasteiger partial charge in [0.15, 0.2) is 0 Å². The maximum atomic E-state index is 12.8. The highest BCUT2D eigenvalue weighted by molar-refractivity contribution is 5.95. The third kappa shape index (κ3) is 4.40. The van der Waals surface area contributed by atoms with Crippen LogP contribution in [0.2, 0.25) is 0 Å². The van der Waals surface area contributed by atoms with E-state index in [4.69, 9.17) is 5.73 Å². The minimum Gasteiger partial charge on any atom is -0.382 e. The lowest BCUT2D eigenvalue weighted by molar-refractivity contribution is -0.133. The number of likely N-dealkylation sites (tertiary alicyclic amines) is 1. The molecule has 0 spiro atoms. The third-order valence-corrected chi connectivity index (χ3v) is 5.75. The van der Waals surface area contributed by atoms with E-state index in [9.17, 15) is 4.79 Å². The molecular weight excluding hydrogens is 360 g/mol. The monoisotopic (exact) mass is 388 g/mol. The van der Waals surface area contributed by atoms with Crippen LogP contribution >= 0.6 is 0 Å². The molecule has 0 bridgehead atoms. The summed E-state index contributed by atoms with van der Waals surface area (Å²) in [6.07, 6.45) is 6.24. The van der Waals surface area contributed by atoms with Gasteiger partial charge in [-0.25, -0.2) is 0 Å². The second kappa shape index (κ2) is 8.62. The van der Waals surface area contributed by atoms with Gasteiger partial charge in [-0.2, -0.15) is 0 Å². The van der Waals surface area contributed by atoms with E-state index in [2.05, 4.69) is 35.4 Å². The molecule has 150 valence electrons. The molecule has 1 fully saturated rings. The Labute approximate surface area is 171 Å². The van der Waals surface area contributed by atoms with Crippen LogP contribution in [-0.4, -0.2) is 41.0 Å². The van der Waals surface area contributed by atoms with Gasteiger partial charge in [0.05, 0.1) is 6.04 Å². The van der Waals surface area contributed by atoms with Crippen molar-refractivity contribution in [2.45, 2.75) is 38.3 Å². The number of amides is 1. The summed E-state index contributed by atoms with van der Waals surface area (Å²) in [5, 5.41) is 6.07. The van der Waals surface area contributed by atoms with E-state index < -0.39 is 6.04 Å². The molecule has 2 aromatic carbocycles. The molecule has 1 aliphatic rings. The fraction of sp³-hybridized carbons (Fsp3) is 0.333. The Bertz CT molecular complexity index is 975. The largest absolute Gasteiger partial charge is 0.382 e. The van der Waals surface area contributed by atoms with E-state index in [1.807, 2.05) is 47.6 Å². The van der Waals surface area contributed by atoms with Crippen LogP contribution < -0.4 is 11.1 Å². The van der Waals surface area contributed by atoms with E-state index in [-0.39, 0.29) is 5.91 Å². The van der Waals surface area contributed by atoms with E-state index in [0.717, 1.165) is 42.6 Å². The topological polar surface area (TPSA) is 71.2 Å². The van der Waals surface area contributed by atoms with Gasteiger partial charge in [0.25, 0.3) is 0 Å². The highest BCUT2D eigenvalue weighted by Gasteiger charge is 2.26. The molecule has 4 rings (SSSR count). The molecule has 1 amide bonds. The van der Waals surface area contributed by atoms with Crippen molar-refractivity contribution in [2.75, 3.05) is 18.4 Å². The summed E-state index contributed by atoms with van der Waals surface area (Å²) in [7, 11) is 0. The van der Waals surface area contributed by atoms with Crippen LogP contribution in [0.3, 0.4) is 0 Å². The van der Waals surface area contributed by atoms with Crippen molar-refractivity contribution in [2.24, 2.45) is 5.73 Å². The lowest BCUT2D eigenvalue weighted by Gasteiger charge is -2.34. The number of pyridine rings is 1. The molecule has 3 N–H and O–H groups in total. The summed E-state index contributed by atoms with van der Waals surface area (Å²) in [5.74, 6) is 0.0550. The van der Waals surface area contributed by atoms with Gasteiger partial charge in [0, 0.05) is 48.0 Å². The number of carbonyl (C=O) groups excluding carboxylic acids is 1. The number of nitrogens with one attached hydrogen (secondary N) is 1. The minimum absolute atomic E-state index is 0.0550. The second-order valence-corrected chi connectivity index (χ2v) is 7.90. The van der Waals surface area contributed by atoms with Crippen molar-refractivity contribution in [3.05, 3.63) is 72.1 Å². The zero-order valence-corrected chi connectivity index (χ0v) is 16.8. The molecule has 0 aliphatic carbocycles. The minimum atomic E-state index is -0.477. The zero-order chi connectivity index (χ0) is 20.2.